The first-order valence-corrected chi connectivity index (χ1v) is 9.18. The van der Waals surface area contributed by atoms with Gasteiger partial charge in [-0.3, -0.25) is 4.79 Å². The molecule has 6 nitrogen and oxygen atoms in total. The van der Waals surface area contributed by atoms with Gasteiger partial charge in [0.15, 0.2) is 5.58 Å². The molecule has 1 atom stereocenters. The van der Waals surface area contributed by atoms with Gasteiger partial charge in [0.05, 0.1) is 12.7 Å². The summed E-state index contributed by atoms with van der Waals surface area (Å²) >= 11 is 5.98. The maximum Gasteiger partial charge on any atom is 0.295 e. The molecule has 1 aliphatic heterocycles. The second-order valence-corrected chi connectivity index (χ2v) is 7.15. The summed E-state index contributed by atoms with van der Waals surface area (Å²) < 4.78 is 11.1. The lowest BCUT2D eigenvalue weighted by molar-refractivity contribution is 0.0788. The van der Waals surface area contributed by atoms with Crippen LogP contribution in [-0.4, -0.2) is 42.0 Å². The predicted molar refractivity (Wildman–Crippen MR) is 105 cm³/mol. The van der Waals surface area contributed by atoms with Gasteiger partial charge in [0.2, 0.25) is 0 Å². The van der Waals surface area contributed by atoms with Crippen LogP contribution >= 0.6 is 11.6 Å². The summed E-state index contributed by atoms with van der Waals surface area (Å²) in [6.07, 6.45) is 0.819. The number of nitrogens with one attached hydrogen (secondary N) is 1. The molecule has 27 heavy (non-hydrogen) atoms. The Hall–Kier alpha value is -2.73. The van der Waals surface area contributed by atoms with E-state index in [1.54, 1.807) is 19.2 Å². The van der Waals surface area contributed by atoms with Crippen molar-refractivity contribution in [2.24, 2.45) is 0 Å². The van der Waals surface area contributed by atoms with E-state index in [2.05, 4.69) is 10.3 Å². The Morgan fingerprint density at radius 2 is 2.19 bits per heavy atom. The lowest BCUT2D eigenvalue weighted by Crippen LogP contribution is -2.31. The van der Waals surface area contributed by atoms with Crippen LogP contribution in [0.15, 0.2) is 40.8 Å². The predicted octanol–water partition coefficient (Wildman–Crippen LogP) is 4.12. The number of hydrogen-bond donors (Lipinski definition) is 1. The van der Waals surface area contributed by atoms with Crippen LogP contribution in [0.1, 0.15) is 22.3 Å². The Morgan fingerprint density at radius 3 is 3.00 bits per heavy atom. The van der Waals surface area contributed by atoms with Gasteiger partial charge in [-0.05, 0) is 37.6 Å². The zero-order valence-corrected chi connectivity index (χ0v) is 15.9. The topological polar surface area (TPSA) is 67.6 Å². The molecule has 0 bridgehead atoms. The first-order valence-electron chi connectivity index (χ1n) is 8.80. The number of oxazole rings is 1. The molecule has 1 fully saturated rings. The number of aromatic nitrogens is 1. The van der Waals surface area contributed by atoms with Crippen molar-refractivity contribution in [3.05, 3.63) is 52.5 Å². The molecule has 4 rings (SSSR count). The highest BCUT2D eigenvalue weighted by Gasteiger charge is 2.29. The summed E-state index contributed by atoms with van der Waals surface area (Å²) in [6, 6.07) is 11.5. The number of aryl methyl sites for hydroxylation is 1. The van der Waals surface area contributed by atoms with Gasteiger partial charge in [0, 0.05) is 30.2 Å². The number of halogens is 1. The first kappa shape index (κ1) is 17.7. The average Bonchev–Trinajstić information content (AvgIpc) is 3.27. The van der Waals surface area contributed by atoms with E-state index in [1.165, 1.54) is 0 Å². The smallest absolute Gasteiger partial charge is 0.295 e. The van der Waals surface area contributed by atoms with Crippen LogP contribution in [0.2, 0.25) is 5.02 Å². The van der Waals surface area contributed by atoms with Crippen molar-refractivity contribution in [2.75, 3.05) is 25.5 Å². The van der Waals surface area contributed by atoms with Crippen LogP contribution in [0.25, 0.3) is 11.1 Å². The Bertz CT molecular complexity index is 1000. The summed E-state index contributed by atoms with van der Waals surface area (Å²) in [5.74, 6) is 0.571. The van der Waals surface area contributed by atoms with Crippen LogP contribution in [0, 0.1) is 6.92 Å². The lowest BCUT2D eigenvalue weighted by Gasteiger charge is -2.18. The molecule has 0 unspecified atom stereocenters. The summed E-state index contributed by atoms with van der Waals surface area (Å²) in [4.78, 5) is 19.2. The molecule has 1 amide bonds. The number of carbonyl (C=O) groups excluding carboxylic acids is 1. The minimum absolute atomic E-state index is 0.0239. The van der Waals surface area contributed by atoms with E-state index in [9.17, 15) is 4.79 Å². The minimum Gasteiger partial charge on any atom is -0.496 e. The monoisotopic (exact) mass is 385 g/mol. The van der Waals surface area contributed by atoms with E-state index in [1.807, 2.05) is 36.1 Å². The largest absolute Gasteiger partial charge is 0.496 e. The normalized spacial score (nSPS) is 16.7. The van der Waals surface area contributed by atoms with Gasteiger partial charge in [-0.1, -0.05) is 23.2 Å². The number of benzene rings is 2. The summed E-state index contributed by atoms with van der Waals surface area (Å²) in [7, 11) is 1.58. The number of ether oxygens (including phenoxy) is 1. The van der Waals surface area contributed by atoms with Crippen LogP contribution in [0.4, 0.5) is 6.01 Å². The van der Waals surface area contributed by atoms with Gasteiger partial charge in [0.25, 0.3) is 11.9 Å². The van der Waals surface area contributed by atoms with E-state index in [4.69, 9.17) is 20.8 Å². The number of amides is 1. The number of nitrogens with zero attached hydrogens (tertiary/aromatic N) is 2. The number of hydrogen-bond acceptors (Lipinski definition) is 5. The standard InChI is InChI=1S/C20H20ClN3O3/c1-12-3-6-17(26-2)15(9-12)19(25)24-8-7-14(11-24)22-20-23-16-5-4-13(21)10-18(16)27-20/h3-6,9-10,14H,7-8,11H2,1-2H3,(H,22,23)/t14-/m1/s1. The molecule has 0 aliphatic carbocycles. The fourth-order valence-electron chi connectivity index (χ4n) is 3.36. The van der Waals surface area contributed by atoms with Crippen molar-refractivity contribution in [1.29, 1.82) is 0 Å². The molecule has 0 saturated carbocycles. The summed E-state index contributed by atoms with van der Waals surface area (Å²) in [6.45, 7) is 3.21. The molecule has 0 radical (unpaired) electrons. The summed E-state index contributed by atoms with van der Waals surface area (Å²) in [5.41, 5.74) is 3.01. The number of methoxy groups -OCH3 is 1. The highest BCUT2D eigenvalue weighted by Crippen LogP contribution is 2.26. The number of likely N-dealkylation sites (tertiary alicyclic amines) is 1. The van der Waals surface area contributed by atoms with Crippen molar-refractivity contribution < 1.29 is 13.9 Å². The molecule has 2 heterocycles. The minimum atomic E-state index is -0.0239. The molecule has 0 spiro atoms. The zero-order valence-electron chi connectivity index (χ0n) is 15.2. The lowest BCUT2D eigenvalue weighted by atomic mass is 10.1. The van der Waals surface area contributed by atoms with Gasteiger partial charge >= 0.3 is 0 Å². The van der Waals surface area contributed by atoms with Crippen LogP contribution in [0.5, 0.6) is 5.75 Å². The van der Waals surface area contributed by atoms with Gasteiger partial charge in [0.1, 0.15) is 11.3 Å². The zero-order chi connectivity index (χ0) is 19.0. The maximum absolute atomic E-state index is 12.9. The van der Waals surface area contributed by atoms with Crippen molar-refractivity contribution in [3.8, 4) is 5.75 Å². The molecule has 140 valence electrons. The number of anilines is 1. The van der Waals surface area contributed by atoms with Gasteiger partial charge in [-0.25, -0.2) is 0 Å². The highest BCUT2D eigenvalue weighted by atomic mass is 35.5. The molecular weight excluding hydrogens is 366 g/mol. The SMILES string of the molecule is COc1ccc(C)cc1C(=O)N1CC[C@@H](Nc2nc3ccc(Cl)cc3o2)C1. The Balaban J connectivity index is 1.46. The summed E-state index contributed by atoms with van der Waals surface area (Å²) in [5, 5.41) is 3.89. The number of carbonyl (C=O) groups is 1. The second-order valence-electron chi connectivity index (χ2n) is 6.72. The second kappa shape index (κ2) is 7.12. The molecule has 7 heteroatoms. The van der Waals surface area contributed by atoms with E-state index < -0.39 is 0 Å². The number of fused-ring (bicyclic) bond motifs is 1. The Labute approximate surface area is 162 Å². The highest BCUT2D eigenvalue weighted by molar-refractivity contribution is 6.31. The average molecular weight is 386 g/mol. The maximum atomic E-state index is 12.9. The quantitative estimate of drug-likeness (QED) is 0.731. The fourth-order valence-corrected chi connectivity index (χ4v) is 3.52. The van der Waals surface area contributed by atoms with Crippen molar-refractivity contribution in [3.63, 3.8) is 0 Å². The molecule has 3 aromatic rings. The van der Waals surface area contributed by atoms with Crippen molar-refractivity contribution >= 4 is 34.6 Å². The number of rotatable bonds is 4. The van der Waals surface area contributed by atoms with E-state index >= 15 is 0 Å². The molecule has 1 aliphatic rings. The van der Waals surface area contributed by atoms with Crippen LogP contribution < -0.4 is 10.1 Å². The van der Waals surface area contributed by atoms with E-state index in [-0.39, 0.29) is 11.9 Å². The molecule has 1 N–H and O–H groups in total. The Morgan fingerprint density at radius 1 is 1.33 bits per heavy atom. The third-order valence-electron chi connectivity index (χ3n) is 4.74. The molecule has 1 aromatic heterocycles. The first-order chi connectivity index (χ1) is 13.0. The molecule has 1 saturated heterocycles. The van der Waals surface area contributed by atoms with Crippen molar-refractivity contribution in [1.82, 2.24) is 9.88 Å². The van der Waals surface area contributed by atoms with Crippen LogP contribution in [0.3, 0.4) is 0 Å². The van der Waals surface area contributed by atoms with Gasteiger partial charge < -0.3 is 19.4 Å². The third kappa shape index (κ3) is 3.57. The Kier molecular flexibility index (Phi) is 4.66. The third-order valence-corrected chi connectivity index (χ3v) is 4.97. The fraction of sp³-hybridized carbons (Fsp3) is 0.300. The van der Waals surface area contributed by atoms with E-state index in [0.29, 0.717) is 41.0 Å². The van der Waals surface area contributed by atoms with Crippen LogP contribution in [-0.2, 0) is 0 Å². The van der Waals surface area contributed by atoms with Gasteiger partial charge in [-0.2, -0.15) is 4.98 Å². The van der Waals surface area contributed by atoms with Gasteiger partial charge in [-0.15, -0.1) is 0 Å². The molecular formula is C20H20ClN3O3. The van der Waals surface area contributed by atoms with E-state index in [0.717, 1.165) is 17.5 Å². The van der Waals surface area contributed by atoms with Crippen molar-refractivity contribution in [2.45, 2.75) is 19.4 Å². The molecule has 2 aromatic carbocycles.